The summed E-state index contributed by atoms with van der Waals surface area (Å²) in [5.74, 6) is -0.322. The Morgan fingerprint density at radius 3 is 2.55 bits per heavy atom. The molecule has 0 radical (unpaired) electrons. The van der Waals surface area contributed by atoms with E-state index in [9.17, 15) is 4.79 Å². The molecule has 0 heterocycles. The molecule has 0 aromatic heterocycles. The van der Waals surface area contributed by atoms with E-state index < -0.39 is 0 Å². The van der Waals surface area contributed by atoms with Crippen LogP contribution >= 0.6 is 11.8 Å². The molecule has 0 bridgehead atoms. The average Bonchev–Trinajstić information content (AvgIpc) is 2.30. The fourth-order valence-electron chi connectivity index (χ4n) is 1.66. The van der Waals surface area contributed by atoms with Gasteiger partial charge in [-0.15, -0.1) is 11.8 Å². The molecule has 0 saturated carbocycles. The van der Waals surface area contributed by atoms with Gasteiger partial charge in [0.25, 0.3) is 0 Å². The molecule has 1 rings (SSSR count). The quantitative estimate of drug-likeness (QED) is 0.392. The lowest BCUT2D eigenvalue weighted by molar-refractivity contribution is -0.137. The van der Waals surface area contributed by atoms with Gasteiger partial charge in [0.15, 0.2) is 0 Å². The Morgan fingerprint density at radius 1 is 1.40 bits per heavy atom. The summed E-state index contributed by atoms with van der Waals surface area (Å²) in [7, 11) is 0. The van der Waals surface area contributed by atoms with Crippen molar-refractivity contribution >= 4 is 29.0 Å². The van der Waals surface area contributed by atoms with Crippen LogP contribution in [0.15, 0.2) is 29.2 Å². The third-order valence-electron chi connectivity index (χ3n) is 2.50. The Labute approximate surface area is 125 Å². The van der Waals surface area contributed by atoms with Crippen molar-refractivity contribution in [3.63, 3.8) is 0 Å². The van der Waals surface area contributed by atoms with E-state index in [0.717, 1.165) is 21.7 Å². The van der Waals surface area contributed by atoms with E-state index in [1.165, 1.54) is 6.08 Å². The van der Waals surface area contributed by atoms with Crippen molar-refractivity contribution in [3.8, 4) is 0 Å². The number of allylic oxidation sites excluding steroid dienone is 1. The van der Waals surface area contributed by atoms with Gasteiger partial charge in [-0.2, -0.15) is 0 Å². The highest BCUT2D eigenvalue weighted by Gasteiger charge is 2.14. The number of esters is 1. The normalized spacial score (nSPS) is 12.3. The van der Waals surface area contributed by atoms with E-state index in [0.29, 0.717) is 6.61 Å². The van der Waals surface area contributed by atoms with Crippen molar-refractivity contribution in [2.45, 2.75) is 44.3 Å². The summed E-state index contributed by atoms with van der Waals surface area (Å²) in [6, 6.07) is 5.89. The molecule has 0 atom stereocenters. The molecule has 0 fully saturated rings. The third kappa shape index (κ3) is 5.29. The average molecular weight is 293 g/mol. The van der Waals surface area contributed by atoms with Gasteiger partial charge in [0.05, 0.1) is 6.61 Å². The lowest BCUT2D eigenvalue weighted by Gasteiger charge is -2.19. The molecule has 1 aromatic rings. The van der Waals surface area contributed by atoms with Gasteiger partial charge in [0.1, 0.15) is 0 Å². The van der Waals surface area contributed by atoms with Gasteiger partial charge in [-0.1, -0.05) is 26.8 Å². The Morgan fingerprint density at radius 2 is 2.05 bits per heavy atom. The van der Waals surface area contributed by atoms with Crippen LogP contribution in [0.3, 0.4) is 0 Å². The Balaban J connectivity index is 2.94. The number of carbonyl (C=O) groups is 1. The highest BCUT2D eigenvalue weighted by Crippen LogP contribution is 2.36. The van der Waals surface area contributed by atoms with E-state index in [2.05, 4.69) is 20.8 Å². The molecule has 0 aliphatic heterocycles. The van der Waals surface area contributed by atoms with E-state index >= 15 is 0 Å². The van der Waals surface area contributed by atoms with Crippen molar-refractivity contribution in [3.05, 3.63) is 29.8 Å². The van der Waals surface area contributed by atoms with Crippen LogP contribution in [-0.2, 0) is 9.53 Å². The first-order valence-electron chi connectivity index (χ1n) is 6.67. The lowest BCUT2D eigenvalue weighted by atomic mass is 10.1. The molecule has 0 unspecified atom stereocenters. The number of nitrogen functional groups attached to an aromatic ring is 1. The van der Waals surface area contributed by atoms with E-state index in [1.807, 2.05) is 25.1 Å². The molecule has 0 spiro atoms. The van der Waals surface area contributed by atoms with Crippen molar-refractivity contribution in [1.29, 1.82) is 0 Å². The minimum absolute atomic E-state index is 0.117. The zero-order chi connectivity index (χ0) is 15.3. The Hall–Kier alpha value is -1.42. The van der Waals surface area contributed by atoms with Gasteiger partial charge >= 0.3 is 5.97 Å². The van der Waals surface area contributed by atoms with Crippen LogP contribution in [0.5, 0.6) is 0 Å². The highest BCUT2D eigenvalue weighted by atomic mass is 32.2. The fraction of sp³-hybridized carbons (Fsp3) is 0.438. The maximum Gasteiger partial charge on any atom is 0.331 e. The first kappa shape index (κ1) is 16.6. The van der Waals surface area contributed by atoms with E-state index in [-0.39, 0.29) is 10.7 Å². The molecule has 0 saturated heterocycles. The molecule has 110 valence electrons. The van der Waals surface area contributed by atoms with Crippen LogP contribution in [-0.4, -0.2) is 17.3 Å². The molecule has 2 N–H and O–H groups in total. The Bertz CT molecular complexity index is 516. The molecular formula is C16H23NO2S. The zero-order valence-corrected chi connectivity index (χ0v) is 13.6. The van der Waals surface area contributed by atoms with Gasteiger partial charge in [-0.3, -0.25) is 0 Å². The second-order valence-corrected chi connectivity index (χ2v) is 7.42. The van der Waals surface area contributed by atoms with Gasteiger partial charge in [0.2, 0.25) is 0 Å². The maximum absolute atomic E-state index is 11.4. The van der Waals surface area contributed by atoms with Crippen LogP contribution in [0.25, 0.3) is 5.57 Å². The fourth-order valence-corrected chi connectivity index (χ4v) is 2.63. The number of benzene rings is 1. The number of carbonyl (C=O) groups excluding carboxylic acids is 1. The molecule has 4 heteroatoms. The molecule has 20 heavy (non-hydrogen) atoms. The predicted molar refractivity (Wildman–Crippen MR) is 86.7 cm³/mol. The summed E-state index contributed by atoms with van der Waals surface area (Å²) in [4.78, 5) is 12.5. The summed E-state index contributed by atoms with van der Waals surface area (Å²) in [6.07, 6.45) is 1.49. The van der Waals surface area contributed by atoms with Gasteiger partial charge in [-0.05, 0) is 37.1 Å². The number of ether oxygens (including phenoxy) is 1. The van der Waals surface area contributed by atoms with Crippen LogP contribution in [0.1, 0.15) is 40.2 Å². The van der Waals surface area contributed by atoms with Crippen LogP contribution in [0.2, 0.25) is 0 Å². The number of anilines is 1. The van der Waals surface area contributed by atoms with Gasteiger partial charge < -0.3 is 10.5 Å². The van der Waals surface area contributed by atoms with Crippen molar-refractivity contribution in [1.82, 2.24) is 0 Å². The van der Waals surface area contributed by atoms with Crippen molar-refractivity contribution in [2.75, 3.05) is 12.3 Å². The predicted octanol–water partition coefficient (Wildman–Crippen LogP) is 4.13. The SMILES string of the molecule is CCOC(=O)/C=C(\C)c1ccc(SC(C)(C)C)c(N)c1. The van der Waals surface area contributed by atoms with Crippen molar-refractivity contribution in [2.24, 2.45) is 0 Å². The molecule has 0 aliphatic rings. The number of nitrogens with two attached hydrogens (primary N) is 1. The van der Waals surface area contributed by atoms with Crippen molar-refractivity contribution < 1.29 is 9.53 Å². The van der Waals surface area contributed by atoms with Crippen LogP contribution in [0, 0.1) is 0 Å². The minimum Gasteiger partial charge on any atom is -0.463 e. The smallest absolute Gasteiger partial charge is 0.331 e. The maximum atomic E-state index is 11.4. The highest BCUT2D eigenvalue weighted by molar-refractivity contribution is 8.00. The molecule has 1 aromatic carbocycles. The van der Waals surface area contributed by atoms with E-state index in [4.69, 9.17) is 10.5 Å². The second-order valence-electron chi connectivity index (χ2n) is 5.55. The molecule has 0 aliphatic carbocycles. The number of hydrogen-bond donors (Lipinski definition) is 1. The number of hydrogen-bond acceptors (Lipinski definition) is 4. The largest absolute Gasteiger partial charge is 0.463 e. The van der Waals surface area contributed by atoms with Gasteiger partial charge in [0, 0.05) is 21.4 Å². The summed E-state index contributed by atoms with van der Waals surface area (Å²) in [5.41, 5.74) is 8.62. The standard InChI is InChI=1S/C16H23NO2S/c1-6-19-15(18)9-11(2)12-7-8-14(13(17)10-12)20-16(3,4)5/h7-10H,6,17H2,1-5H3/b11-9+. The summed E-state index contributed by atoms with van der Waals surface area (Å²) >= 11 is 1.73. The minimum atomic E-state index is -0.322. The summed E-state index contributed by atoms with van der Waals surface area (Å²) in [5, 5.41) is 0. The van der Waals surface area contributed by atoms with Crippen LogP contribution in [0.4, 0.5) is 5.69 Å². The first-order valence-corrected chi connectivity index (χ1v) is 7.48. The molecule has 3 nitrogen and oxygen atoms in total. The van der Waals surface area contributed by atoms with Crippen LogP contribution < -0.4 is 5.73 Å². The Kier molecular flexibility index (Phi) is 5.69. The monoisotopic (exact) mass is 293 g/mol. The third-order valence-corrected chi connectivity index (χ3v) is 3.71. The zero-order valence-electron chi connectivity index (χ0n) is 12.8. The van der Waals surface area contributed by atoms with E-state index in [1.54, 1.807) is 18.7 Å². The second kappa shape index (κ2) is 6.84. The molecular weight excluding hydrogens is 270 g/mol. The first-order chi connectivity index (χ1) is 9.23. The number of thioether (sulfide) groups is 1. The lowest BCUT2D eigenvalue weighted by Crippen LogP contribution is -2.07. The summed E-state index contributed by atoms with van der Waals surface area (Å²) < 4.78 is 5.02. The molecule has 0 amide bonds. The topological polar surface area (TPSA) is 52.3 Å². The summed E-state index contributed by atoms with van der Waals surface area (Å²) in [6.45, 7) is 10.5. The number of rotatable bonds is 4. The van der Waals surface area contributed by atoms with Gasteiger partial charge in [-0.25, -0.2) is 4.79 Å².